The van der Waals surface area contributed by atoms with Gasteiger partial charge in [0, 0.05) is 13.7 Å². The Kier molecular flexibility index (Phi) is 5.21. The van der Waals surface area contributed by atoms with Gasteiger partial charge in [-0.3, -0.25) is 4.52 Å². The molecule has 0 radical (unpaired) electrons. The lowest BCUT2D eigenvalue weighted by Gasteiger charge is -2.01. The van der Waals surface area contributed by atoms with Crippen LogP contribution in [-0.2, 0) is 11.3 Å². The van der Waals surface area contributed by atoms with Crippen LogP contribution in [0.4, 0.5) is 0 Å². The van der Waals surface area contributed by atoms with E-state index < -0.39 is 0 Å². The van der Waals surface area contributed by atoms with Crippen molar-refractivity contribution in [3.63, 3.8) is 0 Å². The quantitative estimate of drug-likeness (QED) is 0.509. The van der Waals surface area contributed by atoms with E-state index in [2.05, 4.69) is 10.6 Å². The number of H-pyrrole nitrogens is 1. The van der Waals surface area contributed by atoms with Crippen molar-refractivity contribution in [1.82, 2.24) is 10.6 Å². The zero-order chi connectivity index (χ0) is 12.0. The van der Waals surface area contributed by atoms with Crippen molar-refractivity contribution >= 4 is 0 Å². The third kappa shape index (κ3) is 3.46. The molecule has 1 aromatic rings. The zero-order valence-electron chi connectivity index (χ0n) is 10.1. The fourth-order valence-electron chi connectivity index (χ4n) is 1.43. The van der Waals surface area contributed by atoms with Crippen molar-refractivity contribution in [3.8, 4) is 0 Å². The minimum absolute atomic E-state index is 0.183. The molecule has 0 saturated carbocycles. The Morgan fingerprint density at radius 2 is 2.31 bits per heavy atom. The van der Waals surface area contributed by atoms with E-state index in [4.69, 9.17) is 9.26 Å². The maximum absolute atomic E-state index is 11.4. The highest BCUT2D eigenvalue weighted by molar-refractivity contribution is 4.82. The van der Waals surface area contributed by atoms with E-state index in [0.717, 1.165) is 19.6 Å². The average molecular weight is 230 g/mol. The number of nitrogens with zero attached hydrogens (tertiary/aromatic N) is 1. The molecule has 0 fully saturated rings. The van der Waals surface area contributed by atoms with Crippen LogP contribution >= 0.6 is 0 Å². The van der Waals surface area contributed by atoms with E-state index in [1.54, 1.807) is 11.8 Å². The maximum Gasteiger partial charge on any atom is 0.431 e. The van der Waals surface area contributed by atoms with Crippen LogP contribution in [0.2, 0.25) is 0 Å². The lowest BCUT2D eigenvalue weighted by molar-refractivity contribution is -0.785. The van der Waals surface area contributed by atoms with Crippen LogP contribution < -0.4 is 15.6 Å². The van der Waals surface area contributed by atoms with E-state index in [0.29, 0.717) is 12.2 Å². The van der Waals surface area contributed by atoms with E-state index in [-0.39, 0.29) is 11.7 Å². The SMILES string of the molecule is COCCCNCc1c(=O)o[nH][n+]1C(C)C. The number of hydrogen-bond donors (Lipinski definition) is 2. The zero-order valence-corrected chi connectivity index (χ0v) is 10.1. The van der Waals surface area contributed by atoms with Crippen molar-refractivity contribution in [3.05, 3.63) is 16.1 Å². The van der Waals surface area contributed by atoms with Gasteiger partial charge in [-0.25, -0.2) is 4.79 Å². The Morgan fingerprint density at radius 1 is 1.56 bits per heavy atom. The number of aromatic amines is 1. The van der Waals surface area contributed by atoms with Crippen LogP contribution in [0.1, 0.15) is 32.0 Å². The van der Waals surface area contributed by atoms with Crippen LogP contribution in [-0.4, -0.2) is 25.5 Å². The lowest BCUT2D eigenvalue weighted by atomic mass is 10.3. The highest BCUT2D eigenvalue weighted by Crippen LogP contribution is 1.91. The largest absolute Gasteiger partial charge is 0.431 e. The van der Waals surface area contributed by atoms with Gasteiger partial charge in [0.15, 0.2) is 6.04 Å². The molecule has 16 heavy (non-hydrogen) atoms. The van der Waals surface area contributed by atoms with Crippen molar-refractivity contribution in [2.75, 3.05) is 20.3 Å². The summed E-state index contributed by atoms with van der Waals surface area (Å²) in [6.07, 6.45) is 0.925. The van der Waals surface area contributed by atoms with Gasteiger partial charge in [-0.2, -0.15) is 0 Å². The Labute approximate surface area is 94.5 Å². The molecule has 0 spiro atoms. The molecule has 0 atom stereocenters. The number of methoxy groups -OCH3 is 1. The standard InChI is InChI=1S/C10H19N3O3/c1-8(2)13-9(10(14)16-12-13)7-11-5-4-6-15-3/h8,11H,4-7H2,1-3H3/p+1. The molecular formula is C10H20N3O3+. The smallest absolute Gasteiger partial charge is 0.385 e. The summed E-state index contributed by atoms with van der Waals surface area (Å²) in [5, 5.41) is 5.77. The molecule has 1 rings (SSSR count). The second kappa shape index (κ2) is 6.44. The molecule has 1 heterocycles. The molecule has 0 unspecified atom stereocenters. The Balaban J connectivity index is 2.46. The van der Waals surface area contributed by atoms with E-state index in [9.17, 15) is 4.79 Å². The van der Waals surface area contributed by atoms with Gasteiger partial charge in [0.1, 0.15) is 0 Å². The van der Waals surface area contributed by atoms with Crippen LogP contribution in [0, 0.1) is 0 Å². The summed E-state index contributed by atoms with van der Waals surface area (Å²) >= 11 is 0. The van der Waals surface area contributed by atoms with E-state index >= 15 is 0 Å². The van der Waals surface area contributed by atoms with Crippen LogP contribution in [0.15, 0.2) is 9.32 Å². The van der Waals surface area contributed by atoms with Crippen LogP contribution in [0.5, 0.6) is 0 Å². The Morgan fingerprint density at radius 3 is 2.94 bits per heavy atom. The van der Waals surface area contributed by atoms with E-state index in [1.165, 1.54) is 0 Å². The van der Waals surface area contributed by atoms with Crippen LogP contribution in [0.3, 0.4) is 0 Å². The van der Waals surface area contributed by atoms with Gasteiger partial charge in [-0.05, 0) is 32.1 Å². The summed E-state index contributed by atoms with van der Waals surface area (Å²) < 4.78 is 11.4. The maximum atomic E-state index is 11.4. The molecule has 0 aliphatic rings. The summed E-state index contributed by atoms with van der Waals surface area (Å²) in [7, 11) is 1.67. The molecular weight excluding hydrogens is 210 g/mol. The lowest BCUT2D eigenvalue weighted by Crippen LogP contribution is -2.45. The Bertz CT molecular complexity index is 356. The van der Waals surface area contributed by atoms with Gasteiger partial charge in [0.2, 0.25) is 0 Å². The second-order valence-electron chi connectivity index (χ2n) is 3.91. The number of hydrogen-bond acceptors (Lipinski definition) is 4. The fourth-order valence-corrected chi connectivity index (χ4v) is 1.43. The molecule has 0 amide bonds. The first kappa shape index (κ1) is 12.9. The topological polar surface area (TPSA) is 71.1 Å². The van der Waals surface area contributed by atoms with Crippen molar-refractivity contribution in [1.29, 1.82) is 0 Å². The molecule has 0 saturated heterocycles. The van der Waals surface area contributed by atoms with Gasteiger partial charge < -0.3 is 10.1 Å². The summed E-state index contributed by atoms with van der Waals surface area (Å²) in [6, 6.07) is 0.183. The fraction of sp³-hybridized carbons (Fsp3) is 0.800. The molecule has 0 aliphatic carbocycles. The van der Waals surface area contributed by atoms with Gasteiger partial charge in [0.25, 0.3) is 0 Å². The first-order valence-corrected chi connectivity index (χ1v) is 5.48. The third-order valence-electron chi connectivity index (χ3n) is 2.27. The minimum atomic E-state index is -0.312. The number of nitrogens with one attached hydrogen (secondary N) is 2. The number of rotatable bonds is 7. The highest BCUT2D eigenvalue weighted by Gasteiger charge is 2.22. The number of ether oxygens (including phenoxy) is 1. The van der Waals surface area contributed by atoms with Gasteiger partial charge in [-0.1, -0.05) is 4.68 Å². The third-order valence-corrected chi connectivity index (χ3v) is 2.27. The monoisotopic (exact) mass is 230 g/mol. The second-order valence-corrected chi connectivity index (χ2v) is 3.91. The summed E-state index contributed by atoms with van der Waals surface area (Å²) in [6.45, 7) is 6.02. The average Bonchev–Trinajstić information content (AvgIpc) is 2.60. The molecule has 0 aromatic carbocycles. The van der Waals surface area contributed by atoms with Crippen molar-refractivity contribution in [2.24, 2.45) is 0 Å². The van der Waals surface area contributed by atoms with Gasteiger partial charge in [-0.15, -0.1) is 0 Å². The first-order valence-electron chi connectivity index (χ1n) is 5.48. The minimum Gasteiger partial charge on any atom is -0.385 e. The van der Waals surface area contributed by atoms with E-state index in [1.807, 2.05) is 13.8 Å². The molecule has 6 nitrogen and oxygen atoms in total. The highest BCUT2D eigenvalue weighted by atomic mass is 16.5. The Hall–Kier alpha value is -1.14. The summed E-state index contributed by atoms with van der Waals surface area (Å²) in [5.74, 6) is 0. The number of aromatic nitrogens is 2. The van der Waals surface area contributed by atoms with Crippen LogP contribution in [0.25, 0.3) is 0 Å². The molecule has 0 aliphatic heterocycles. The van der Waals surface area contributed by atoms with Crippen molar-refractivity contribution in [2.45, 2.75) is 32.9 Å². The molecule has 0 bridgehead atoms. The molecule has 1 aromatic heterocycles. The summed E-state index contributed by atoms with van der Waals surface area (Å²) in [4.78, 5) is 11.4. The predicted octanol–water partition coefficient (Wildman–Crippen LogP) is -0.0376. The predicted molar refractivity (Wildman–Crippen MR) is 58.1 cm³/mol. The van der Waals surface area contributed by atoms with Gasteiger partial charge >= 0.3 is 11.3 Å². The molecule has 92 valence electrons. The van der Waals surface area contributed by atoms with Gasteiger partial charge in [0.05, 0.1) is 6.54 Å². The van der Waals surface area contributed by atoms with Crippen molar-refractivity contribution < 1.29 is 13.9 Å². The summed E-state index contributed by atoms with van der Waals surface area (Å²) in [5.41, 5.74) is 0.306. The normalized spacial score (nSPS) is 11.2. The first-order chi connectivity index (χ1) is 7.66. The molecule has 6 heteroatoms. The molecule has 2 N–H and O–H groups in total.